The third kappa shape index (κ3) is 4.02. The number of amides is 1. The number of fused-ring (bicyclic) bond motifs is 1. The van der Waals surface area contributed by atoms with E-state index in [1.54, 1.807) is 35.8 Å². The number of hydrogen-bond acceptors (Lipinski definition) is 4. The highest BCUT2D eigenvalue weighted by atomic mass is 35.5. The molecule has 0 bridgehead atoms. The smallest absolute Gasteiger partial charge is 0.272 e. The number of imidazole rings is 1. The molecule has 0 spiro atoms. The number of hydrogen-bond donors (Lipinski definition) is 0. The van der Waals surface area contributed by atoms with E-state index in [0.29, 0.717) is 49.1 Å². The molecule has 2 aromatic heterocycles. The maximum atomic E-state index is 13.0. The third-order valence-electron chi connectivity index (χ3n) is 3.61. The predicted molar refractivity (Wildman–Crippen MR) is 89.2 cm³/mol. The molecule has 6 nitrogen and oxygen atoms in total. The van der Waals surface area contributed by atoms with E-state index in [0.717, 1.165) is 5.69 Å². The molecule has 2 rings (SSSR count). The summed E-state index contributed by atoms with van der Waals surface area (Å²) in [5.74, 6) is -0.0919. The van der Waals surface area contributed by atoms with Crippen molar-refractivity contribution >= 4 is 23.2 Å². The minimum Gasteiger partial charge on any atom is -0.383 e. The molecule has 2 heterocycles. The first kappa shape index (κ1) is 17.7. The van der Waals surface area contributed by atoms with Crippen LogP contribution in [0.3, 0.4) is 0 Å². The number of rotatable bonds is 8. The van der Waals surface area contributed by atoms with Gasteiger partial charge in [0.2, 0.25) is 0 Å². The molecule has 126 valence electrons. The van der Waals surface area contributed by atoms with Gasteiger partial charge in [0.25, 0.3) is 5.91 Å². The Kier molecular flexibility index (Phi) is 6.38. The van der Waals surface area contributed by atoms with Crippen molar-refractivity contribution in [1.29, 1.82) is 0 Å². The van der Waals surface area contributed by atoms with Crippen LogP contribution in [0.2, 0.25) is 5.02 Å². The fourth-order valence-electron chi connectivity index (χ4n) is 2.41. The molecule has 0 radical (unpaired) electrons. The summed E-state index contributed by atoms with van der Waals surface area (Å²) in [4.78, 5) is 19.3. The van der Waals surface area contributed by atoms with Gasteiger partial charge < -0.3 is 14.4 Å². The van der Waals surface area contributed by atoms with Crippen LogP contribution in [0.1, 0.15) is 23.1 Å². The first-order valence-electron chi connectivity index (χ1n) is 7.56. The summed E-state index contributed by atoms with van der Waals surface area (Å²) >= 11 is 6.08. The van der Waals surface area contributed by atoms with Crippen molar-refractivity contribution in [3.05, 3.63) is 34.7 Å². The Morgan fingerprint density at radius 1 is 1.26 bits per heavy atom. The zero-order valence-electron chi connectivity index (χ0n) is 13.7. The van der Waals surface area contributed by atoms with Crippen molar-refractivity contribution in [2.75, 3.05) is 40.5 Å². The average molecular weight is 340 g/mol. The number of ether oxygens (including phenoxy) is 2. The molecule has 0 saturated heterocycles. The molecule has 0 aliphatic heterocycles. The zero-order chi connectivity index (χ0) is 16.8. The van der Waals surface area contributed by atoms with Crippen LogP contribution in [-0.4, -0.2) is 60.7 Å². The molecule has 7 heteroatoms. The van der Waals surface area contributed by atoms with Gasteiger partial charge in [-0.15, -0.1) is 0 Å². The number of pyridine rings is 1. The number of nitrogens with zero attached hydrogens (tertiary/aromatic N) is 3. The molecule has 0 N–H and O–H groups in total. The Balaban J connectivity index is 2.41. The molecule has 0 aromatic carbocycles. The lowest BCUT2D eigenvalue weighted by Gasteiger charge is -2.22. The molecular formula is C16H22ClN3O3. The minimum absolute atomic E-state index is 0.0919. The number of methoxy groups -OCH3 is 2. The van der Waals surface area contributed by atoms with Gasteiger partial charge in [-0.2, -0.15) is 0 Å². The van der Waals surface area contributed by atoms with E-state index in [9.17, 15) is 4.79 Å². The van der Waals surface area contributed by atoms with Crippen LogP contribution in [0.25, 0.3) is 5.65 Å². The van der Waals surface area contributed by atoms with Crippen molar-refractivity contribution in [3.8, 4) is 0 Å². The normalized spacial score (nSPS) is 11.1. The Morgan fingerprint density at radius 2 is 1.91 bits per heavy atom. The second-order valence-corrected chi connectivity index (χ2v) is 5.55. The van der Waals surface area contributed by atoms with Gasteiger partial charge in [-0.25, -0.2) is 4.98 Å². The lowest BCUT2D eigenvalue weighted by atomic mass is 10.2. The molecule has 0 saturated carbocycles. The van der Waals surface area contributed by atoms with Crippen molar-refractivity contribution < 1.29 is 14.3 Å². The highest BCUT2D eigenvalue weighted by Gasteiger charge is 2.23. The van der Waals surface area contributed by atoms with Gasteiger partial charge in [0.1, 0.15) is 11.3 Å². The van der Waals surface area contributed by atoms with Gasteiger partial charge >= 0.3 is 0 Å². The van der Waals surface area contributed by atoms with E-state index in [1.807, 2.05) is 13.0 Å². The molecule has 23 heavy (non-hydrogen) atoms. The summed E-state index contributed by atoms with van der Waals surface area (Å²) in [7, 11) is 3.23. The second-order valence-electron chi connectivity index (χ2n) is 5.11. The zero-order valence-corrected chi connectivity index (χ0v) is 14.5. The fourth-order valence-corrected chi connectivity index (χ4v) is 2.57. The van der Waals surface area contributed by atoms with Crippen LogP contribution in [0.15, 0.2) is 18.3 Å². The van der Waals surface area contributed by atoms with Crippen LogP contribution >= 0.6 is 11.6 Å². The molecule has 2 aromatic rings. The first-order chi connectivity index (χ1) is 11.1. The maximum absolute atomic E-state index is 13.0. The molecule has 0 atom stereocenters. The number of aromatic nitrogens is 2. The maximum Gasteiger partial charge on any atom is 0.272 e. The number of halogens is 1. The van der Waals surface area contributed by atoms with E-state index >= 15 is 0 Å². The van der Waals surface area contributed by atoms with Gasteiger partial charge in [-0.3, -0.25) is 9.20 Å². The Morgan fingerprint density at radius 3 is 2.48 bits per heavy atom. The third-order valence-corrected chi connectivity index (χ3v) is 3.83. The van der Waals surface area contributed by atoms with E-state index in [2.05, 4.69) is 4.98 Å². The number of aryl methyl sites for hydroxylation is 1. The second kappa shape index (κ2) is 8.29. The first-order valence-corrected chi connectivity index (χ1v) is 7.93. The Bertz CT molecular complexity index is 664. The predicted octanol–water partition coefficient (Wildman–Crippen LogP) is 2.29. The van der Waals surface area contributed by atoms with Crippen molar-refractivity contribution in [1.82, 2.24) is 14.3 Å². The quantitative estimate of drug-likeness (QED) is 0.740. The average Bonchev–Trinajstić information content (AvgIpc) is 2.92. The summed E-state index contributed by atoms with van der Waals surface area (Å²) in [5, 5.41) is 0.562. The molecule has 0 fully saturated rings. The van der Waals surface area contributed by atoms with Crippen LogP contribution < -0.4 is 0 Å². The minimum atomic E-state index is -0.0919. The van der Waals surface area contributed by atoms with Crippen LogP contribution in [0.5, 0.6) is 0 Å². The molecule has 0 aliphatic rings. The monoisotopic (exact) mass is 339 g/mol. The van der Waals surface area contributed by atoms with Gasteiger partial charge in [-0.1, -0.05) is 18.5 Å². The van der Waals surface area contributed by atoms with Gasteiger partial charge in [0.05, 0.1) is 23.9 Å². The SMILES string of the molecule is CCc1nc2ccc(Cl)cn2c1C(=O)N(CCOC)CCOC. The van der Waals surface area contributed by atoms with E-state index in [1.165, 1.54) is 0 Å². The summed E-state index contributed by atoms with van der Waals surface area (Å²) in [5.41, 5.74) is 2.03. The molecular weight excluding hydrogens is 318 g/mol. The standard InChI is InChI=1S/C16H22ClN3O3/c1-4-13-15(20-11-12(17)5-6-14(20)18-13)16(21)19(7-9-22-2)8-10-23-3/h5-6,11H,4,7-10H2,1-3H3. The molecule has 1 amide bonds. The van der Waals surface area contributed by atoms with Crippen LogP contribution in [0.4, 0.5) is 0 Å². The lowest BCUT2D eigenvalue weighted by Crippen LogP contribution is -2.37. The van der Waals surface area contributed by atoms with Gasteiger partial charge in [0, 0.05) is 33.5 Å². The Labute approximate surface area is 141 Å². The largest absolute Gasteiger partial charge is 0.383 e. The summed E-state index contributed by atoms with van der Waals surface area (Å²) in [6.45, 7) is 3.91. The number of carbonyl (C=O) groups is 1. The topological polar surface area (TPSA) is 56.1 Å². The van der Waals surface area contributed by atoms with Crippen LogP contribution in [0, 0.1) is 0 Å². The van der Waals surface area contributed by atoms with Crippen molar-refractivity contribution in [2.45, 2.75) is 13.3 Å². The van der Waals surface area contributed by atoms with E-state index < -0.39 is 0 Å². The lowest BCUT2D eigenvalue weighted by molar-refractivity contribution is 0.0619. The summed E-state index contributed by atoms with van der Waals surface area (Å²) < 4.78 is 12.0. The van der Waals surface area contributed by atoms with Crippen molar-refractivity contribution in [3.63, 3.8) is 0 Å². The summed E-state index contributed by atoms with van der Waals surface area (Å²) in [6, 6.07) is 3.58. The van der Waals surface area contributed by atoms with E-state index in [4.69, 9.17) is 21.1 Å². The van der Waals surface area contributed by atoms with Crippen molar-refractivity contribution in [2.24, 2.45) is 0 Å². The van der Waals surface area contributed by atoms with Gasteiger partial charge in [0.15, 0.2) is 0 Å². The summed E-state index contributed by atoms with van der Waals surface area (Å²) in [6.07, 6.45) is 2.39. The molecule has 0 aliphatic carbocycles. The molecule has 0 unspecified atom stereocenters. The highest BCUT2D eigenvalue weighted by Crippen LogP contribution is 2.19. The Hall–Kier alpha value is -1.63. The highest BCUT2D eigenvalue weighted by molar-refractivity contribution is 6.30. The van der Waals surface area contributed by atoms with Gasteiger partial charge in [-0.05, 0) is 18.6 Å². The van der Waals surface area contributed by atoms with E-state index in [-0.39, 0.29) is 5.91 Å². The van der Waals surface area contributed by atoms with Crippen LogP contribution in [-0.2, 0) is 15.9 Å². The fraction of sp³-hybridized carbons (Fsp3) is 0.500. The number of carbonyl (C=O) groups excluding carboxylic acids is 1.